The van der Waals surface area contributed by atoms with Crippen LogP contribution in [0.25, 0.3) is 16.6 Å². The number of H-pyrrole nitrogens is 1. The minimum absolute atomic E-state index is 0.370. The zero-order valence-corrected chi connectivity index (χ0v) is 13.1. The minimum atomic E-state index is -0.704. The van der Waals surface area contributed by atoms with Crippen molar-refractivity contribution in [3.8, 4) is 0 Å². The molecule has 6 heteroatoms. The van der Waals surface area contributed by atoms with Crippen molar-refractivity contribution in [1.29, 1.82) is 0 Å². The van der Waals surface area contributed by atoms with E-state index in [1.165, 1.54) is 0 Å². The number of hydrogen-bond acceptors (Lipinski definition) is 3. The van der Waals surface area contributed by atoms with Crippen LogP contribution in [0.15, 0.2) is 24.3 Å². The number of para-hydroxylation sites is 1. The third kappa shape index (κ3) is 1.95. The SMILES string of the molecule is CC1(C)C=C(c2nc3c(C(N)=O)cccc3[nH]2)C(C)(C)N1[O]. The predicted molar refractivity (Wildman–Crippen MR) is 83.3 cm³/mol. The van der Waals surface area contributed by atoms with Crippen molar-refractivity contribution in [2.75, 3.05) is 0 Å². The lowest BCUT2D eigenvalue weighted by Gasteiger charge is -2.33. The quantitative estimate of drug-likeness (QED) is 0.890. The number of carbonyl (C=O) groups is 1. The van der Waals surface area contributed by atoms with Crippen LogP contribution < -0.4 is 5.73 Å². The molecule has 0 saturated carbocycles. The first-order valence-electron chi connectivity index (χ1n) is 7.14. The summed E-state index contributed by atoms with van der Waals surface area (Å²) in [5.74, 6) is 0.0780. The third-order valence-corrected chi connectivity index (χ3v) is 4.22. The van der Waals surface area contributed by atoms with E-state index in [1.54, 1.807) is 12.1 Å². The summed E-state index contributed by atoms with van der Waals surface area (Å²) in [5, 5.41) is 13.5. The molecule has 2 aromatic rings. The molecular formula is C16H19N4O2. The number of aromatic nitrogens is 2. The fraction of sp³-hybridized carbons (Fsp3) is 0.375. The molecule has 0 atom stereocenters. The third-order valence-electron chi connectivity index (χ3n) is 4.22. The number of benzene rings is 1. The Bertz CT molecular complexity index is 802. The number of hydroxylamine groups is 2. The molecule has 1 aliphatic heterocycles. The van der Waals surface area contributed by atoms with Crippen LogP contribution in [0.5, 0.6) is 0 Å². The molecule has 6 nitrogen and oxygen atoms in total. The second-order valence-corrected chi connectivity index (χ2v) is 6.72. The van der Waals surface area contributed by atoms with Crippen molar-refractivity contribution in [3.05, 3.63) is 35.7 Å². The first-order valence-corrected chi connectivity index (χ1v) is 7.14. The van der Waals surface area contributed by atoms with Gasteiger partial charge in [0, 0.05) is 5.57 Å². The summed E-state index contributed by atoms with van der Waals surface area (Å²) in [6.07, 6.45) is 1.92. The van der Waals surface area contributed by atoms with E-state index < -0.39 is 17.0 Å². The molecule has 3 rings (SSSR count). The largest absolute Gasteiger partial charge is 0.366 e. The fourth-order valence-corrected chi connectivity index (χ4v) is 3.13. The van der Waals surface area contributed by atoms with Gasteiger partial charge in [0.05, 0.1) is 22.2 Å². The Kier molecular flexibility index (Phi) is 2.95. The van der Waals surface area contributed by atoms with Gasteiger partial charge in [-0.05, 0) is 39.8 Å². The lowest BCUT2D eigenvalue weighted by Crippen LogP contribution is -2.46. The van der Waals surface area contributed by atoms with Gasteiger partial charge in [0.25, 0.3) is 5.91 Å². The number of nitrogens with two attached hydrogens (primary N) is 1. The Morgan fingerprint density at radius 2 is 1.95 bits per heavy atom. The highest BCUT2D eigenvalue weighted by atomic mass is 16.5. The van der Waals surface area contributed by atoms with Gasteiger partial charge in [0.2, 0.25) is 0 Å². The zero-order chi connectivity index (χ0) is 16.3. The summed E-state index contributed by atoms with van der Waals surface area (Å²) in [7, 11) is 0. The van der Waals surface area contributed by atoms with Crippen molar-refractivity contribution >= 4 is 22.5 Å². The molecule has 0 fully saturated rings. The minimum Gasteiger partial charge on any atom is -0.366 e. The van der Waals surface area contributed by atoms with Crippen LogP contribution in [-0.2, 0) is 5.21 Å². The number of hydrogen-bond donors (Lipinski definition) is 2. The summed E-state index contributed by atoms with van der Waals surface area (Å²) in [5.41, 5.74) is 6.53. The standard InChI is InChI=1S/C16H19N4O2/c1-15(2)8-10(16(3,4)20(15)22)14-18-11-7-5-6-9(13(17)21)12(11)19-14/h5-8H,1-4H3,(H2,17,21)(H,18,19). The van der Waals surface area contributed by atoms with E-state index in [1.807, 2.05) is 39.8 Å². The van der Waals surface area contributed by atoms with E-state index in [9.17, 15) is 10.0 Å². The average molecular weight is 299 g/mol. The molecule has 1 amide bonds. The van der Waals surface area contributed by atoms with Crippen LogP contribution in [-0.4, -0.2) is 32.0 Å². The number of fused-ring (bicyclic) bond motifs is 1. The number of primary amides is 1. The van der Waals surface area contributed by atoms with E-state index in [-0.39, 0.29) is 0 Å². The highest BCUT2D eigenvalue weighted by Gasteiger charge is 2.47. The predicted octanol–water partition coefficient (Wildman–Crippen LogP) is 2.26. The number of rotatable bonds is 2. The summed E-state index contributed by atoms with van der Waals surface area (Å²) >= 11 is 0. The lowest BCUT2D eigenvalue weighted by molar-refractivity contribution is -0.234. The summed E-state index contributed by atoms with van der Waals surface area (Å²) in [6, 6.07) is 5.23. The van der Waals surface area contributed by atoms with Gasteiger partial charge in [-0.3, -0.25) is 4.79 Å². The van der Waals surface area contributed by atoms with Crippen LogP contribution in [0.2, 0.25) is 0 Å². The molecule has 1 radical (unpaired) electrons. The summed E-state index contributed by atoms with van der Waals surface area (Å²) in [4.78, 5) is 19.2. The van der Waals surface area contributed by atoms with Crippen LogP contribution in [0.3, 0.4) is 0 Å². The molecular weight excluding hydrogens is 280 g/mol. The second kappa shape index (κ2) is 4.41. The van der Waals surface area contributed by atoms with Crippen molar-refractivity contribution in [2.24, 2.45) is 5.73 Å². The maximum atomic E-state index is 12.5. The molecule has 1 aliphatic rings. The first-order chi connectivity index (χ1) is 10.1. The Hall–Kier alpha value is -2.18. The fourth-order valence-electron chi connectivity index (χ4n) is 3.13. The van der Waals surface area contributed by atoms with Gasteiger partial charge in [0.1, 0.15) is 11.3 Å². The molecule has 0 saturated heterocycles. The van der Waals surface area contributed by atoms with Gasteiger partial charge >= 0.3 is 0 Å². The molecule has 1 aromatic heterocycles. The van der Waals surface area contributed by atoms with Gasteiger partial charge in [-0.25, -0.2) is 4.98 Å². The highest BCUT2D eigenvalue weighted by Crippen LogP contribution is 2.43. The van der Waals surface area contributed by atoms with E-state index in [2.05, 4.69) is 9.97 Å². The second-order valence-electron chi connectivity index (χ2n) is 6.72. The van der Waals surface area contributed by atoms with Crippen molar-refractivity contribution in [2.45, 2.75) is 38.8 Å². The zero-order valence-electron chi connectivity index (χ0n) is 13.1. The molecule has 22 heavy (non-hydrogen) atoms. The number of imidazole rings is 1. The maximum Gasteiger partial charge on any atom is 0.250 e. The van der Waals surface area contributed by atoms with Gasteiger partial charge in [-0.1, -0.05) is 12.1 Å². The van der Waals surface area contributed by atoms with E-state index in [4.69, 9.17) is 5.73 Å². The Morgan fingerprint density at radius 1 is 1.27 bits per heavy atom. The van der Waals surface area contributed by atoms with Crippen LogP contribution in [0.4, 0.5) is 0 Å². The monoisotopic (exact) mass is 299 g/mol. The van der Waals surface area contributed by atoms with E-state index in [0.717, 1.165) is 16.2 Å². The van der Waals surface area contributed by atoms with Crippen LogP contribution in [0.1, 0.15) is 43.9 Å². The summed E-state index contributed by atoms with van der Waals surface area (Å²) in [6.45, 7) is 7.46. The molecule has 0 unspecified atom stereocenters. The number of carbonyl (C=O) groups excluding carboxylic acids is 1. The van der Waals surface area contributed by atoms with Gasteiger partial charge in [-0.2, -0.15) is 0 Å². The van der Waals surface area contributed by atoms with Gasteiger partial charge in [0.15, 0.2) is 0 Å². The number of amides is 1. The van der Waals surface area contributed by atoms with Crippen molar-refractivity contribution < 1.29 is 10.0 Å². The molecule has 0 spiro atoms. The normalized spacial score (nSPS) is 20.3. The number of aromatic amines is 1. The van der Waals surface area contributed by atoms with Crippen LogP contribution >= 0.6 is 0 Å². The Balaban J connectivity index is 2.20. The van der Waals surface area contributed by atoms with Crippen LogP contribution in [0, 0.1) is 0 Å². The summed E-state index contributed by atoms with van der Waals surface area (Å²) < 4.78 is 0. The van der Waals surface area contributed by atoms with Crippen molar-refractivity contribution in [3.63, 3.8) is 0 Å². The Labute approximate surface area is 128 Å². The van der Waals surface area contributed by atoms with Gasteiger partial charge in [-0.15, -0.1) is 10.3 Å². The molecule has 1 aromatic carbocycles. The molecule has 2 heterocycles. The number of nitrogens with one attached hydrogen (secondary N) is 1. The number of nitrogens with zero attached hydrogens (tertiary/aromatic N) is 2. The lowest BCUT2D eigenvalue weighted by atomic mass is 9.96. The highest BCUT2D eigenvalue weighted by molar-refractivity contribution is 6.04. The average Bonchev–Trinajstić information content (AvgIpc) is 2.92. The van der Waals surface area contributed by atoms with E-state index in [0.29, 0.717) is 16.9 Å². The van der Waals surface area contributed by atoms with Gasteiger partial charge < -0.3 is 10.7 Å². The molecule has 0 aliphatic carbocycles. The topological polar surface area (TPSA) is 94.9 Å². The first kappa shape index (κ1) is 14.7. The maximum absolute atomic E-state index is 12.5. The van der Waals surface area contributed by atoms with Crippen molar-refractivity contribution in [1.82, 2.24) is 15.0 Å². The smallest absolute Gasteiger partial charge is 0.250 e. The molecule has 3 N–H and O–H groups in total. The Morgan fingerprint density at radius 3 is 2.50 bits per heavy atom. The molecule has 115 valence electrons. The molecule has 0 bridgehead atoms. The van der Waals surface area contributed by atoms with E-state index >= 15 is 0 Å².